The molecule has 0 aromatic heterocycles. The van der Waals surface area contributed by atoms with Crippen molar-refractivity contribution in [3.05, 3.63) is 24.3 Å². The number of ether oxygens (including phenoxy) is 3. The maximum absolute atomic E-state index is 12.0. The van der Waals surface area contributed by atoms with E-state index in [-0.39, 0.29) is 18.6 Å². The molecule has 24 heavy (non-hydrogen) atoms. The normalized spacial score (nSPS) is 16.1. The van der Waals surface area contributed by atoms with E-state index in [1.54, 1.807) is 38.3 Å². The SMILES string of the molecule is COc1ccc(OCC(=O)O[C@H](C)C(=O)NC2CCCCC2)cc1. The van der Waals surface area contributed by atoms with Gasteiger partial charge in [-0.1, -0.05) is 19.3 Å². The lowest BCUT2D eigenvalue weighted by atomic mass is 9.95. The van der Waals surface area contributed by atoms with Crippen LogP contribution in [0.2, 0.25) is 0 Å². The third-order valence-electron chi connectivity index (χ3n) is 4.05. The van der Waals surface area contributed by atoms with Gasteiger partial charge in [0.15, 0.2) is 12.7 Å². The van der Waals surface area contributed by atoms with Crippen LogP contribution in [0.15, 0.2) is 24.3 Å². The molecule has 0 heterocycles. The molecule has 1 N–H and O–H groups in total. The van der Waals surface area contributed by atoms with Gasteiger partial charge in [-0.25, -0.2) is 4.79 Å². The lowest BCUT2D eigenvalue weighted by Gasteiger charge is -2.24. The largest absolute Gasteiger partial charge is 0.497 e. The Morgan fingerprint density at radius 3 is 2.38 bits per heavy atom. The van der Waals surface area contributed by atoms with Crippen molar-refractivity contribution < 1.29 is 23.8 Å². The Bertz CT molecular complexity index is 537. The topological polar surface area (TPSA) is 73.9 Å². The fraction of sp³-hybridized carbons (Fsp3) is 0.556. The zero-order valence-electron chi connectivity index (χ0n) is 14.2. The molecule has 0 spiro atoms. The predicted molar refractivity (Wildman–Crippen MR) is 89.1 cm³/mol. The third kappa shape index (κ3) is 5.76. The van der Waals surface area contributed by atoms with E-state index in [9.17, 15) is 9.59 Å². The molecule has 1 aromatic carbocycles. The van der Waals surface area contributed by atoms with Crippen LogP contribution in [0, 0.1) is 0 Å². The van der Waals surface area contributed by atoms with Crippen LogP contribution in [-0.2, 0) is 14.3 Å². The molecule has 1 saturated carbocycles. The molecule has 132 valence electrons. The first kappa shape index (κ1) is 18.1. The van der Waals surface area contributed by atoms with Gasteiger partial charge in [-0.3, -0.25) is 4.79 Å². The molecule has 1 aromatic rings. The second kappa shape index (κ2) is 9.15. The quantitative estimate of drug-likeness (QED) is 0.775. The number of carbonyl (C=O) groups is 2. The molecular formula is C18H25NO5. The molecule has 0 bridgehead atoms. The average Bonchev–Trinajstić information content (AvgIpc) is 2.61. The Labute approximate surface area is 142 Å². The van der Waals surface area contributed by atoms with Crippen LogP contribution in [0.1, 0.15) is 39.0 Å². The first-order valence-electron chi connectivity index (χ1n) is 8.35. The van der Waals surface area contributed by atoms with E-state index in [4.69, 9.17) is 14.2 Å². The lowest BCUT2D eigenvalue weighted by molar-refractivity contribution is -0.156. The van der Waals surface area contributed by atoms with Crippen molar-refractivity contribution in [1.82, 2.24) is 5.32 Å². The van der Waals surface area contributed by atoms with Crippen LogP contribution < -0.4 is 14.8 Å². The van der Waals surface area contributed by atoms with Gasteiger partial charge >= 0.3 is 5.97 Å². The van der Waals surface area contributed by atoms with E-state index in [0.29, 0.717) is 11.5 Å². The number of benzene rings is 1. The van der Waals surface area contributed by atoms with Crippen molar-refractivity contribution in [2.45, 2.75) is 51.2 Å². The van der Waals surface area contributed by atoms with Crippen molar-refractivity contribution in [3.8, 4) is 11.5 Å². The third-order valence-corrected chi connectivity index (χ3v) is 4.05. The summed E-state index contributed by atoms with van der Waals surface area (Å²) in [6.45, 7) is 1.33. The fourth-order valence-corrected chi connectivity index (χ4v) is 2.66. The van der Waals surface area contributed by atoms with Gasteiger partial charge in [-0.2, -0.15) is 0 Å². The molecule has 6 nitrogen and oxygen atoms in total. The Hall–Kier alpha value is -2.24. The van der Waals surface area contributed by atoms with Crippen molar-refractivity contribution in [3.63, 3.8) is 0 Å². The second-order valence-corrected chi connectivity index (χ2v) is 5.94. The Kier molecular flexibility index (Phi) is 6.90. The minimum absolute atomic E-state index is 0.197. The monoisotopic (exact) mass is 335 g/mol. The van der Waals surface area contributed by atoms with Crippen molar-refractivity contribution in [1.29, 1.82) is 0 Å². The molecule has 0 radical (unpaired) electrons. The maximum atomic E-state index is 12.0. The first-order chi connectivity index (χ1) is 11.6. The number of hydrogen-bond donors (Lipinski definition) is 1. The standard InChI is InChI=1S/C18H25NO5/c1-13(18(21)19-14-6-4-3-5-7-14)24-17(20)12-23-16-10-8-15(22-2)9-11-16/h8-11,13-14H,3-7,12H2,1-2H3,(H,19,21)/t13-/m1/s1. The summed E-state index contributed by atoms with van der Waals surface area (Å²) in [6, 6.07) is 7.07. The molecule has 2 rings (SSSR count). The summed E-state index contributed by atoms with van der Waals surface area (Å²) in [6.07, 6.45) is 4.65. The van der Waals surface area contributed by atoms with Gasteiger partial charge in [0.1, 0.15) is 11.5 Å². The summed E-state index contributed by atoms with van der Waals surface area (Å²) in [5, 5.41) is 2.94. The molecule has 1 aliphatic carbocycles. The van der Waals surface area contributed by atoms with Gasteiger partial charge < -0.3 is 19.5 Å². The second-order valence-electron chi connectivity index (χ2n) is 5.94. The molecular weight excluding hydrogens is 310 g/mol. The summed E-state index contributed by atoms with van der Waals surface area (Å²) in [4.78, 5) is 23.8. The molecule has 0 aliphatic heterocycles. The van der Waals surface area contributed by atoms with Gasteiger partial charge in [-0.05, 0) is 44.0 Å². The summed E-state index contributed by atoms with van der Waals surface area (Å²) in [5.74, 6) is 0.418. The van der Waals surface area contributed by atoms with Crippen LogP contribution in [0.4, 0.5) is 0 Å². The molecule has 0 unspecified atom stereocenters. The van der Waals surface area contributed by atoms with E-state index in [1.807, 2.05) is 0 Å². The number of amides is 1. The number of esters is 1. The van der Waals surface area contributed by atoms with Crippen LogP contribution in [0.3, 0.4) is 0 Å². The minimum atomic E-state index is -0.820. The molecule has 0 saturated heterocycles. The summed E-state index contributed by atoms with van der Waals surface area (Å²) in [7, 11) is 1.58. The number of carbonyl (C=O) groups excluding carboxylic acids is 2. The molecule has 1 amide bonds. The van der Waals surface area contributed by atoms with E-state index in [2.05, 4.69) is 5.32 Å². The Balaban J connectivity index is 1.70. The zero-order valence-corrected chi connectivity index (χ0v) is 14.2. The van der Waals surface area contributed by atoms with Gasteiger partial charge in [-0.15, -0.1) is 0 Å². The number of methoxy groups -OCH3 is 1. The highest BCUT2D eigenvalue weighted by molar-refractivity contribution is 5.83. The zero-order chi connectivity index (χ0) is 17.4. The van der Waals surface area contributed by atoms with Gasteiger partial charge in [0.25, 0.3) is 5.91 Å². The average molecular weight is 335 g/mol. The lowest BCUT2D eigenvalue weighted by Crippen LogP contribution is -2.43. The van der Waals surface area contributed by atoms with Crippen molar-refractivity contribution >= 4 is 11.9 Å². The fourth-order valence-electron chi connectivity index (χ4n) is 2.66. The summed E-state index contributed by atoms with van der Waals surface area (Å²) in [5.41, 5.74) is 0. The van der Waals surface area contributed by atoms with Gasteiger partial charge in [0, 0.05) is 6.04 Å². The highest BCUT2D eigenvalue weighted by atomic mass is 16.6. The van der Waals surface area contributed by atoms with Crippen molar-refractivity contribution in [2.75, 3.05) is 13.7 Å². The van der Waals surface area contributed by atoms with Gasteiger partial charge in [0.05, 0.1) is 7.11 Å². The number of hydrogen-bond acceptors (Lipinski definition) is 5. The summed E-state index contributed by atoms with van der Waals surface area (Å²) < 4.78 is 15.5. The van der Waals surface area contributed by atoms with Crippen LogP contribution in [-0.4, -0.2) is 37.7 Å². The summed E-state index contributed by atoms with van der Waals surface area (Å²) >= 11 is 0. The van der Waals surface area contributed by atoms with Crippen molar-refractivity contribution in [2.24, 2.45) is 0 Å². The molecule has 1 fully saturated rings. The van der Waals surface area contributed by atoms with Crippen LogP contribution in [0.5, 0.6) is 11.5 Å². The highest BCUT2D eigenvalue weighted by Gasteiger charge is 2.22. The van der Waals surface area contributed by atoms with Gasteiger partial charge in [0.2, 0.25) is 0 Å². The molecule has 6 heteroatoms. The highest BCUT2D eigenvalue weighted by Crippen LogP contribution is 2.18. The Morgan fingerprint density at radius 2 is 1.75 bits per heavy atom. The molecule has 1 aliphatic rings. The van der Waals surface area contributed by atoms with Crippen LogP contribution >= 0.6 is 0 Å². The Morgan fingerprint density at radius 1 is 1.12 bits per heavy atom. The minimum Gasteiger partial charge on any atom is -0.497 e. The van der Waals surface area contributed by atoms with E-state index in [1.165, 1.54) is 6.42 Å². The van der Waals surface area contributed by atoms with E-state index >= 15 is 0 Å². The van der Waals surface area contributed by atoms with E-state index < -0.39 is 12.1 Å². The smallest absolute Gasteiger partial charge is 0.344 e. The first-order valence-corrected chi connectivity index (χ1v) is 8.35. The number of rotatable bonds is 7. The predicted octanol–water partition coefficient (Wildman–Crippen LogP) is 2.45. The number of nitrogens with one attached hydrogen (secondary N) is 1. The van der Waals surface area contributed by atoms with Crippen LogP contribution in [0.25, 0.3) is 0 Å². The molecule has 1 atom stereocenters. The maximum Gasteiger partial charge on any atom is 0.344 e. The van der Waals surface area contributed by atoms with E-state index in [0.717, 1.165) is 25.7 Å².